The summed E-state index contributed by atoms with van der Waals surface area (Å²) < 4.78 is 46.5. The van der Waals surface area contributed by atoms with Gasteiger partial charge in [-0.25, -0.2) is 9.78 Å². The van der Waals surface area contributed by atoms with Crippen LogP contribution in [0.5, 0.6) is 5.75 Å². The van der Waals surface area contributed by atoms with Crippen LogP contribution in [0.2, 0.25) is 0 Å². The summed E-state index contributed by atoms with van der Waals surface area (Å²) in [5.41, 5.74) is 1.24. The van der Waals surface area contributed by atoms with Crippen LogP contribution in [-0.4, -0.2) is 28.6 Å². The fraction of sp³-hybridized carbons (Fsp3) is 0.222. The molecule has 0 atom stereocenters. The van der Waals surface area contributed by atoms with Gasteiger partial charge in [0.05, 0.1) is 29.6 Å². The lowest BCUT2D eigenvalue weighted by atomic mass is 10.1. The van der Waals surface area contributed by atoms with Crippen molar-refractivity contribution in [2.45, 2.75) is 25.6 Å². The Kier molecular flexibility index (Phi) is 6.66. The molecule has 3 amide bonds. The molecule has 0 saturated heterocycles. The molecule has 4 aromatic rings. The quantitative estimate of drug-likeness (QED) is 0.273. The number of carbonyl (C=O) groups excluding carboxylic acids is 2. The van der Waals surface area contributed by atoms with Crippen molar-refractivity contribution >= 4 is 40.0 Å². The summed E-state index contributed by atoms with van der Waals surface area (Å²) in [7, 11) is 1.31. The van der Waals surface area contributed by atoms with Crippen LogP contribution in [0, 0.1) is 5.92 Å². The van der Waals surface area contributed by atoms with Crippen LogP contribution >= 0.6 is 0 Å². The summed E-state index contributed by atoms with van der Waals surface area (Å²) in [5, 5.41) is 8.75. The van der Waals surface area contributed by atoms with Gasteiger partial charge in [-0.05, 0) is 66.9 Å². The molecule has 1 saturated carbocycles. The minimum absolute atomic E-state index is 0.0159. The molecular weight excluding hydrogens is 499 g/mol. The number of hydrogen-bond acceptors (Lipinski definition) is 4. The number of urea groups is 1. The number of aromatic nitrogens is 2. The third-order valence-electron chi connectivity index (χ3n) is 6.21. The number of carbonyl (C=O) groups is 2. The Morgan fingerprint density at radius 1 is 1.03 bits per heavy atom. The zero-order chi connectivity index (χ0) is 26.9. The van der Waals surface area contributed by atoms with E-state index < -0.39 is 17.8 Å². The average molecular weight is 524 g/mol. The van der Waals surface area contributed by atoms with Crippen molar-refractivity contribution in [3.05, 3.63) is 78.1 Å². The van der Waals surface area contributed by atoms with E-state index in [0.717, 1.165) is 47.5 Å². The predicted octanol–water partition coefficient (Wildman–Crippen LogP) is 6.10. The fourth-order valence-corrected chi connectivity index (χ4v) is 4.14. The van der Waals surface area contributed by atoms with Gasteiger partial charge in [-0.1, -0.05) is 6.07 Å². The molecule has 2 heterocycles. The topological polar surface area (TPSA) is 97.3 Å². The normalized spacial score (nSPS) is 13.3. The summed E-state index contributed by atoms with van der Waals surface area (Å²) in [5.74, 6) is 0.659. The lowest BCUT2D eigenvalue weighted by molar-refractivity contribution is -0.137. The minimum atomic E-state index is -4.56. The standard InChI is InChI=1S/C27H24F3N5O3/c1-38-23-8-7-18(27(28,29)30)14-21(23)33-26(37)32-20-3-2-4-22-19(20)10-12-35(22)15-16-9-11-31-24(13-16)34-25(36)17-5-6-17/h2-4,7-14,17H,5-6,15H2,1H3,(H,31,34,36)(H2,32,33,37). The SMILES string of the molecule is COc1ccc(C(F)(F)F)cc1NC(=O)Nc1cccc2c1ccn2Cc1ccnc(NC(=O)C2CC2)c1. The number of alkyl halides is 3. The Morgan fingerprint density at radius 2 is 1.82 bits per heavy atom. The summed E-state index contributed by atoms with van der Waals surface area (Å²) in [6, 6.07) is 13.0. The Bertz CT molecular complexity index is 1510. The number of ether oxygens (including phenoxy) is 1. The number of amides is 3. The molecule has 11 heteroatoms. The van der Waals surface area contributed by atoms with Crippen LogP contribution in [0.4, 0.5) is 35.2 Å². The number of pyridine rings is 1. The highest BCUT2D eigenvalue weighted by Gasteiger charge is 2.31. The highest BCUT2D eigenvalue weighted by atomic mass is 19.4. The van der Waals surface area contributed by atoms with Gasteiger partial charge >= 0.3 is 12.2 Å². The van der Waals surface area contributed by atoms with Gasteiger partial charge in [-0.15, -0.1) is 0 Å². The molecule has 1 fully saturated rings. The number of nitrogens with one attached hydrogen (secondary N) is 3. The average Bonchev–Trinajstić information content (AvgIpc) is 3.65. The molecule has 38 heavy (non-hydrogen) atoms. The van der Waals surface area contributed by atoms with Crippen LogP contribution in [-0.2, 0) is 17.5 Å². The van der Waals surface area contributed by atoms with Crippen molar-refractivity contribution in [1.82, 2.24) is 9.55 Å². The van der Waals surface area contributed by atoms with Crippen molar-refractivity contribution in [2.24, 2.45) is 5.92 Å². The molecular formula is C27H24F3N5O3. The first-order valence-electron chi connectivity index (χ1n) is 11.9. The van der Waals surface area contributed by atoms with Crippen LogP contribution in [0.1, 0.15) is 24.0 Å². The van der Waals surface area contributed by atoms with Crippen LogP contribution < -0.4 is 20.7 Å². The van der Waals surface area contributed by atoms with Gasteiger partial charge in [-0.2, -0.15) is 13.2 Å². The van der Waals surface area contributed by atoms with Crippen molar-refractivity contribution < 1.29 is 27.5 Å². The van der Waals surface area contributed by atoms with E-state index in [1.54, 1.807) is 18.3 Å². The Labute approximate surface area is 215 Å². The van der Waals surface area contributed by atoms with E-state index in [4.69, 9.17) is 4.74 Å². The molecule has 196 valence electrons. The van der Waals surface area contributed by atoms with Crippen molar-refractivity contribution in [3.63, 3.8) is 0 Å². The van der Waals surface area contributed by atoms with Gasteiger partial charge in [0.1, 0.15) is 11.6 Å². The Hall–Kier alpha value is -4.54. The smallest absolute Gasteiger partial charge is 0.416 e. The number of methoxy groups -OCH3 is 1. The first-order valence-corrected chi connectivity index (χ1v) is 11.9. The lowest BCUT2D eigenvalue weighted by Crippen LogP contribution is -2.20. The number of fused-ring (bicyclic) bond motifs is 1. The molecule has 0 spiro atoms. The Morgan fingerprint density at radius 3 is 2.55 bits per heavy atom. The van der Waals surface area contributed by atoms with E-state index in [1.165, 1.54) is 7.11 Å². The highest BCUT2D eigenvalue weighted by Crippen LogP contribution is 2.35. The second-order valence-electron chi connectivity index (χ2n) is 8.99. The summed E-state index contributed by atoms with van der Waals surface area (Å²) >= 11 is 0. The molecule has 0 radical (unpaired) electrons. The first kappa shape index (κ1) is 25.1. The molecule has 3 N–H and O–H groups in total. The number of anilines is 3. The molecule has 1 aliphatic carbocycles. The molecule has 2 aromatic heterocycles. The number of rotatable bonds is 7. The lowest BCUT2D eigenvalue weighted by Gasteiger charge is -2.14. The summed E-state index contributed by atoms with van der Waals surface area (Å²) in [6.45, 7) is 0.495. The number of halogens is 3. The van der Waals surface area contributed by atoms with E-state index >= 15 is 0 Å². The van der Waals surface area contributed by atoms with Crippen molar-refractivity contribution in [1.29, 1.82) is 0 Å². The van der Waals surface area contributed by atoms with E-state index in [1.807, 2.05) is 35.0 Å². The zero-order valence-electron chi connectivity index (χ0n) is 20.3. The monoisotopic (exact) mass is 523 g/mol. The van der Waals surface area contributed by atoms with Crippen molar-refractivity contribution in [2.75, 3.05) is 23.1 Å². The third kappa shape index (κ3) is 5.56. The van der Waals surface area contributed by atoms with Gasteiger partial charge in [0.25, 0.3) is 0 Å². The molecule has 8 nitrogen and oxygen atoms in total. The highest BCUT2D eigenvalue weighted by molar-refractivity contribution is 6.06. The maximum Gasteiger partial charge on any atom is 0.416 e. The van der Waals surface area contributed by atoms with E-state index in [-0.39, 0.29) is 23.3 Å². The maximum absolute atomic E-state index is 13.1. The summed E-state index contributed by atoms with van der Waals surface area (Å²) in [6.07, 6.45) is 0.757. The molecule has 0 bridgehead atoms. The largest absolute Gasteiger partial charge is 0.495 e. The number of hydrogen-bond donors (Lipinski definition) is 3. The van der Waals surface area contributed by atoms with Gasteiger partial charge in [0, 0.05) is 30.2 Å². The molecule has 0 unspecified atom stereocenters. The second-order valence-corrected chi connectivity index (χ2v) is 8.99. The Balaban J connectivity index is 1.32. The second kappa shape index (κ2) is 10.1. The van der Waals surface area contributed by atoms with Gasteiger partial charge in [-0.3, -0.25) is 4.79 Å². The van der Waals surface area contributed by atoms with Crippen LogP contribution in [0.25, 0.3) is 10.9 Å². The van der Waals surface area contributed by atoms with Gasteiger partial charge in [0.15, 0.2) is 0 Å². The fourth-order valence-electron chi connectivity index (χ4n) is 4.14. The van der Waals surface area contributed by atoms with Crippen molar-refractivity contribution in [3.8, 4) is 5.75 Å². The molecule has 1 aliphatic rings. The maximum atomic E-state index is 13.1. The van der Waals surface area contributed by atoms with E-state index in [2.05, 4.69) is 20.9 Å². The van der Waals surface area contributed by atoms with Crippen LogP contribution in [0.15, 0.2) is 67.0 Å². The third-order valence-corrected chi connectivity index (χ3v) is 6.21. The van der Waals surface area contributed by atoms with E-state index in [0.29, 0.717) is 18.1 Å². The first-order chi connectivity index (χ1) is 18.2. The van der Waals surface area contributed by atoms with E-state index in [9.17, 15) is 22.8 Å². The number of nitrogens with zero attached hydrogens (tertiary/aromatic N) is 2. The van der Waals surface area contributed by atoms with Gasteiger partial charge in [0.2, 0.25) is 5.91 Å². The van der Waals surface area contributed by atoms with Crippen LogP contribution in [0.3, 0.4) is 0 Å². The number of benzene rings is 2. The zero-order valence-corrected chi connectivity index (χ0v) is 20.3. The molecule has 5 rings (SSSR count). The van der Waals surface area contributed by atoms with Gasteiger partial charge < -0.3 is 25.3 Å². The predicted molar refractivity (Wildman–Crippen MR) is 137 cm³/mol. The summed E-state index contributed by atoms with van der Waals surface area (Å²) in [4.78, 5) is 29.0. The molecule has 2 aromatic carbocycles. The molecule has 0 aliphatic heterocycles. The minimum Gasteiger partial charge on any atom is -0.495 e.